The largest absolute Gasteiger partial charge is 0.496 e. The molecule has 4 aliphatic rings. The Kier molecular flexibility index (Phi) is 25.7. The molecule has 0 spiro atoms. The number of hydrogen-bond acceptors (Lipinski definition) is 21. The van der Waals surface area contributed by atoms with Crippen molar-refractivity contribution in [3.05, 3.63) is 66.5 Å². The van der Waals surface area contributed by atoms with E-state index in [1.54, 1.807) is 40.3 Å². The number of fused-ring (bicyclic) bond motifs is 3. The zero-order valence-corrected chi connectivity index (χ0v) is 54.7. The molecule has 0 unspecified atom stereocenters. The molecule has 3 saturated heterocycles. The highest BCUT2D eigenvalue weighted by Gasteiger charge is 2.50. The van der Waals surface area contributed by atoms with Crippen LogP contribution in [-0.4, -0.2) is 165 Å². The first kappa shape index (κ1) is 71.9. The molecule has 0 atom stereocenters. The topological polar surface area (TPSA) is 415 Å². The molecule has 11 N–H and O–H groups in total. The van der Waals surface area contributed by atoms with Crippen LogP contribution in [0.4, 0.5) is 17.5 Å². The van der Waals surface area contributed by atoms with E-state index < -0.39 is 30.6 Å². The lowest BCUT2D eigenvalue weighted by atomic mass is 9.74. The second-order valence-corrected chi connectivity index (χ2v) is 27.3. The van der Waals surface area contributed by atoms with E-state index in [1.807, 2.05) is 57.2 Å². The minimum Gasteiger partial charge on any atom is -0.496 e. The van der Waals surface area contributed by atoms with Crippen molar-refractivity contribution in [2.24, 2.45) is 44.0 Å². The summed E-state index contributed by atoms with van der Waals surface area (Å²) in [4.78, 5) is 50.4. The third-order valence-electron chi connectivity index (χ3n) is 17.0. The van der Waals surface area contributed by atoms with Crippen molar-refractivity contribution in [1.82, 2.24) is 44.1 Å². The third-order valence-corrected chi connectivity index (χ3v) is 18.7. The number of ether oxygens (including phenoxy) is 4. The monoisotopic (exact) mass is 1310 g/mol. The Bertz CT molecular complexity index is 3560. The van der Waals surface area contributed by atoms with Gasteiger partial charge in [0.05, 0.1) is 44.5 Å². The van der Waals surface area contributed by atoms with Gasteiger partial charge in [0.15, 0.2) is 11.5 Å². The molecule has 0 radical (unpaired) electrons. The third kappa shape index (κ3) is 20.2. The summed E-state index contributed by atoms with van der Waals surface area (Å²) in [5.74, 6) is 7.09. The van der Waals surface area contributed by atoms with E-state index in [9.17, 15) is 25.3 Å². The summed E-state index contributed by atoms with van der Waals surface area (Å²) in [6.45, 7) is 16.5. The van der Waals surface area contributed by atoms with Gasteiger partial charge in [-0.1, -0.05) is 13.8 Å². The molecule has 496 valence electrons. The standard InChI is InChI=1S/C19H27N5O3S.C19H29N5O3S.C18H27N5O4S.2CH2O2/c1-13-9-16-15(10-17(13)27-2)18(22-12-21-16)24-7-3-14(4-8-24)19(5-6-19)11-23-28(20,25)26;1-13-9-16-15(10-17(13)27-4)18(22-12-21-16)24-7-5-14(6-8-24)19(2,3)11-23-28(20,25)26;1-3-27-17-10-14-15(11-16(17)26-2)20-12-21-18(14)23-8-5-13(6-9-23)4-7-22-28(19,24)25;2*2-1-3/h9-10,12,14,23H,3-8,11H2,1-2H3,(H2,20,25,26);9-10,12,14,23H,5-8,11H2,1-4H3,(H2,20,25,26);10-13,22H,3-9H2,1-2H3,(H2,19,24,25);2*1H,(H,2,3). The molecule has 32 heteroatoms. The number of piperidine rings is 3. The molecule has 0 bridgehead atoms. The summed E-state index contributed by atoms with van der Waals surface area (Å²) in [6.07, 6.45) is 13.6. The smallest absolute Gasteiger partial charge is 0.290 e. The Labute approximate surface area is 526 Å². The van der Waals surface area contributed by atoms with Gasteiger partial charge in [-0.3, -0.25) is 9.59 Å². The van der Waals surface area contributed by atoms with Crippen molar-refractivity contribution >= 4 is 93.7 Å². The number of nitrogens with zero attached hydrogens (tertiary/aromatic N) is 9. The molecule has 6 heterocycles. The minimum atomic E-state index is -3.67. The van der Waals surface area contributed by atoms with Gasteiger partial charge in [0.1, 0.15) is 47.9 Å². The summed E-state index contributed by atoms with van der Waals surface area (Å²) < 4.78 is 96.3. The maximum absolute atomic E-state index is 11.3. The van der Waals surface area contributed by atoms with Gasteiger partial charge >= 0.3 is 0 Å². The number of methoxy groups -OCH3 is 3. The van der Waals surface area contributed by atoms with Gasteiger partial charge in [-0.15, -0.1) is 0 Å². The number of nitrogens with two attached hydrogens (primary N) is 3. The van der Waals surface area contributed by atoms with Gasteiger partial charge in [0, 0.05) is 81.1 Å². The summed E-state index contributed by atoms with van der Waals surface area (Å²) in [7, 11) is -5.97. The second-order valence-electron chi connectivity index (χ2n) is 23.2. The number of hydrogen-bond donors (Lipinski definition) is 8. The Morgan fingerprint density at radius 3 is 1.36 bits per heavy atom. The van der Waals surface area contributed by atoms with Crippen molar-refractivity contribution in [2.45, 2.75) is 92.4 Å². The van der Waals surface area contributed by atoms with Crippen LogP contribution in [0.2, 0.25) is 0 Å². The Hall–Kier alpha value is -7.17. The number of aryl methyl sites for hydroxylation is 2. The number of aromatic nitrogens is 6. The predicted octanol–water partition coefficient (Wildman–Crippen LogP) is 4.56. The highest BCUT2D eigenvalue weighted by atomic mass is 32.2. The van der Waals surface area contributed by atoms with E-state index in [-0.39, 0.29) is 23.8 Å². The quantitative estimate of drug-likeness (QED) is 0.0486. The number of benzene rings is 3. The van der Waals surface area contributed by atoms with Crippen LogP contribution >= 0.6 is 0 Å². The lowest BCUT2D eigenvalue weighted by Crippen LogP contribution is -2.45. The number of carboxylic acid groups (broad SMARTS) is 2. The average molecular weight is 1310 g/mol. The first-order valence-corrected chi connectivity index (χ1v) is 34.1. The summed E-state index contributed by atoms with van der Waals surface area (Å²) in [5.41, 5.74) is 4.63. The van der Waals surface area contributed by atoms with E-state index in [0.29, 0.717) is 55.5 Å². The number of rotatable bonds is 20. The fraction of sp³-hybridized carbons (Fsp3) is 0.552. The van der Waals surface area contributed by atoms with E-state index in [2.05, 4.69) is 72.6 Å². The molecule has 4 fully saturated rings. The van der Waals surface area contributed by atoms with Crippen LogP contribution in [0.1, 0.15) is 89.7 Å². The molecule has 10 rings (SSSR count). The molecule has 3 aromatic heterocycles. The molecule has 90 heavy (non-hydrogen) atoms. The molecule has 3 aromatic carbocycles. The van der Waals surface area contributed by atoms with Crippen LogP contribution in [0.15, 0.2) is 55.4 Å². The average Bonchev–Trinajstić information content (AvgIpc) is 1.43. The summed E-state index contributed by atoms with van der Waals surface area (Å²) >= 11 is 0. The molecular formula is C58H87N15O14S3. The molecule has 1 saturated carbocycles. The van der Waals surface area contributed by atoms with E-state index in [4.69, 9.17) is 54.2 Å². The maximum atomic E-state index is 11.3. The van der Waals surface area contributed by atoms with E-state index >= 15 is 0 Å². The van der Waals surface area contributed by atoms with Gasteiger partial charge in [-0.25, -0.2) is 59.5 Å². The highest BCUT2D eigenvalue weighted by Crippen LogP contribution is 2.55. The van der Waals surface area contributed by atoms with Crippen LogP contribution in [0.5, 0.6) is 23.0 Å². The van der Waals surface area contributed by atoms with E-state index in [1.165, 1.54) is 0 Å². The first-order valence-electron chi connectivity index (χ1n) is 29.4. The zero-order valence-electron chi connectivity index (χ0n) is 52.3. The molecule has 1 aliphatic carbocycles. The van der Waals surface area contributed by atoms with Crippen molar-refractivity contribution in [1.29, 1.82) is 0 Å². The van der Waals surface area contributed by atoms with Gasteiger partial charge < -0.3 is 43.9 Å². The molecule has 3 aliphatic heterocycles. The highest BCUT2D eigenvalue weighted by molar-refractivity contribution is 7.87. The Balaban J connectivity index is 0.000000205. The molecule has 6 aromatic rings. The summed E-state index contributed by atoms with van der Waals surface area (Å²) in [5, 5.41) is 31.9. The Morgan fingerprint density at radius 2 is 0.967 bits per heavy atom. The fourth-order valence-electron chi connectivity index (χ4n) is 12.0. The summed E-state index contributed by atoms with van der Waals surface area (Å²) in [6, 6.07) is 11.9. The van der Waals surface area contributed by atoms with Crippen molar-refractivity contribution in [3.8, 4) is 23.0 Å². The molecule has 29 nitrogen and oxygen atoms in total. The predicted molar refractivity (Wildman–Crippen MR) is 345 cm³/mol. The lowest BCUT2D eigenvalue weighted by molar-refractivity contribution is -0.123. The van der Waals surface area contributed by atoms with Crippen LogP contribution in [-0.2, 0) is 40.2 Å². The molecule has 0 amide bonds. The van der Waals surface area contributed by atoms with Gasteiger partial charge in [0.2, 0.25) is 0 Å². The van der Waals surface area contributed by atoms with Crippen LogP contribution in [0, 0.1) is 42.4 Å². The number of nitrogens with one attached hydrogen (secondary N) is 3. The van der Waals surface area contributed by atoms with Crippen molar-refractivity contribution < 1.29 is 64.0 Å². The zero-order chi connectivity index (χ0) is 66.0. The number of carbonyl (C=O) groups is 2. The van der Waals surface area contributed by atoms with Gasteiger partial charge in [-0.05, 0) is 149 Å². The lowest BCUT2D eigenvalue weighted by Gasteiger charge is -2.41. The fourth-order valence-corrected chi connectivity index (χ4v) is 13.5. The second kappa shape index (κ2) is 32.2. The SMILES string of the molecule is CCOc1cc2c(N3CCC(CCNS(N)(=O)=O)CC3)ncnc2cc1OC.COc1cc2c(N3CCC(C(C)(C)CNS(N)(=O)=O)CC3)ncnc2cc1C.COc1cc2c(N3CCC(C4(CNS(N)(=O)=O)CC4)CC3)ncnc2cc1C.O=CO.O=CO. The normalized spacial score (nSPS) is 16.5. The van der Waals surface area contributed by atoms with E-state index in [0.717, 1.165) is 170 Å². The van der Waals surface area contributed by atoms with Crippen molar-refractivity contribution in [3.63, 3.8) is 0 Å². The van der Waals surface area contributed by atoms with Crippen LogP contribution in [0.25, 0.3) is 32.7 Å². The van der Waals surface area contributed by atoms with Gasteiger partial charge in [-0.2, -0.15) is 25.3 Å². The van der Waals surface area contributed by atoms with Crippen LogP contribution in [0.3, 0.4) is 0 Å². The minimum absolute atomic E-state index is 0.0760. The Morgan fingerprint density at radius 1 is 0.578 bits per heavy atom. The number of anilines is 3. The molecular weight excluding hydrogens is 1230 g/mol. The first-order chi connectivity index (χ1) is 42.7. The maximum Gasteiger partial charge on any atom is 0.290 e. The van der Waals surface area contributed by atoms with Crippen LogP contribution < -0.4 is 63.2 Å². The van der Waals surface area contributed by atoms with Crippen molar-refractivity contribution in [2.75, 3.05) is 102 Å². The van der Waals surface area contributed by atoms with Gasteiger partial charge in [0.25, 0.3) is 43.6 Å².